The lowest BCUT2D eigenvalue weighted by Crippen LogP contribution is -2.19. The zero-order valence-electron chi connectivity index (χ0n) is 8.82. The van der Waals surface area contributed by atoms with Crippen molar-refractivity contribution in [3.8, 4) is 0 Å². The molecular formula is C13H17BrO. The third-order valence-corrected chi connectivity index (χ3v) is 3.72. The first-order valence-corrected chi connectivity index (χ1v) is 6.46. The van der Waals surface area contributed by atoms with E-state index in [4.69, 9.17) is 0 Å². The van der Waals surface area contributed by atoms with Crippen LogP contribution in [0.25, 0.3) is 0 Å². The molecule has 1 aliphatic rings. The fourth-order valence-electron chi connectivity index (χ4n) is 2.35. The molecule has 1 aliphatic carbocycles. The van der Waals surface area contributed by atoms with Crippen LogP contribution in [-0.4, -0.2) is 11.2 Å². The first-order valence-electron chi connectivity index (χ1n) is 5.66. The van der Waals surface area contributed by atoms with Gasteiger partial charge in [-0.25, -0.2) is 0 Å². The van der Waals surface area contributed by atoms with Gasteiger partial charge in [0, 0.05) is 4.47 Å². The summed E-state index contributed by atoms with van der Waals surface area (Å²) < 4.78 is 1.16. The highest BCUT2D eigenvalue weighted by Gasteiger charge is 2.19. The van der Waals surface area contributed by atoms with Crippen LogP contribution in [0.4, 0.5) is 0 Å². The summed E-state index contributed by atoms with van der Waals surface area (Å²) in [7, 11) is 0. The van der Waals surface area contributed by atoms with E-state index in [9.17, 15) is 5.11 Å². The van der Waals surface area contributed by atoms with E-state index in [0.29, 0.717) is 0 Å². The summed E-state index contributed by atoms with van der Waals surface area (Å²) in [6.07, 6.45) is 5.44. The third-order valence-electron chi connectivity index (χ3n) is 3.23. The molecule has 82 valence electrons. The maximum Gasteiger partial charge on any atom is 0.0540 e. The molecule has 0 amide bonds. The quantitative estimate of drug-likeness (QED) is 0.870. The van der Waals surface area contributed by atoms with E-state index in [2.05, 4.69) is 40.2 Å². The van der Waals surface area contributed by atoms with Crippen LogP contribution in [0, 0.1) is 5.92 Å². The Morgan fingerprint density at radius 1 is 1.20 bits per heavy atom. The summed E-state index contributed by atoms with van der Waals surface area (Å²) in [6, 6.07) is 8.55. The molecule has 1 N–H and O–H groups in total. The highest BCUT2D eigenvalue weighted by molar-refractivity contribution is 9.10. The zero-order chi connectivity index (χ0) is 10.7. The van der Waals surface area contributed by atoms with Crippen molar-refractivity contribution in [2.24, 2.45) is 5.92 Å². The average molecular weight is 269 g/mol. The fourth-order valence-corrected chi connectivity index (χ4v) is 2.79. The van der Waals surface area contributed by atoms with Gasteiger partial charge in [-0.05, 0) is 55.7 Å². The predicted molar refractivity (Wildman–Crippen MR) is 65.8 cm³/mol. The molecule has 0 aliphatic heterocycles. The van der Waals surface area contributed by atoms with Crippen LogP contribution in [0.15, 0.2) is 28.7 Å². The van der Waals surface area contributed by atoms with Gasteiger partial charge in [0.25, 0.3) is 0 Å². The molecule has 2 heteroatoms. The molecule has 0 heterocycles. The zero-order valence-corrected chi connectivity index (χ0v) is 10.4. The van der Waals surface area contributed by atoms with E-state index in [1.54, 1.807) is 0 Å². The maximum atomic E-state index is 9.43. The lowest BCUT2D eigenvalue weighted by atomic mass is 9.83. The van der Waals surface area contributed by atoms with Gasteiger partial charge in [0.15, 0.2) is 0 Å². The number of hydrogen-bond donors (Lipinski definition) is 1. The second-order valence-electron chi connectivity index (χ2n) is 4.51. The van der Waals surface area contributed by atoms with Gasteiger partial charge in [-0.15, -0.1) is 0 Å². The molecule has 0 aromatic heterocycles. The second kappa shape index (κ2) is 5.13. The van der Waals surface area contributed by atoms with Gasteiger partial charge in [0.2, 0.25) is 0 Å². The standard InChI is InChI=1S/C13H17BrO/c14-12-3-1-2-11(9-12)8-10-4-6-13(15)7-5-10/h1-3,9-10,13,15H,4-8H2. The number of halogens is 1. The SMILES string of the molecule is OC1CCC(Cc2cccc(Br)c2)CC1. The Labute approximate surface area is 99.6 Å². The van der Waals surface area contributed by atoms with Crippen molar-refractivity contribution in [3.63, 3.8) is 0 Å². The molecule has 0 unspecified atom stereocenters. The third kappa shape index (κ3) is 3.32. The van der Waals surface area contributed by atoms with E-state index in [0.717, 1.165) is 29.7 Å². The van der Waals surface area contributed by atoms with Crippen LogP contribution >= 0.6 is 15.9 Å². The first-order chi connectivity index (χ1) is 7.24. The van der Waals surface area contributed by atoms with E-state index in [1.165, 1.54) is 18.4 Å². The minimum Gasteiger partial charge on any atom is -0.393 e. The van der Waals surface area contributed by atoms with Gasteiger partial charge in [-0.2, -0.15) is 0 Å². The van der Waals surface area contributed by atoms with Crippen LogP contribution in [0.2, 0.25) is 0 Å². The number of hydrogen-bond acceptors (Lipinski definition) is 1. The summed E-state index contributed by atoms with van der Waals surface area (Å²) in [5.41, 5.74) is 1.41. The predicted octanol–water partition coefficient (Wildman–Crippen LogP) is 3.54. The molecule has 0 atom stereocenters. The van der Waals surface area contributed by atoms with Crippen molar-refractivity contribution in [1.29, 1.82) is 0 Å². The highest BCUT2D eigenvalue weighted by atomic mass is 79.9. The normalized spacial score (nSPS) is 26.5. The van der Waals surface area contributed by atoms with Gasteiger partial charge in [-0.3, -0.25) is 0 Å². The lowest BCUT2D eigenvalue weighted by molar-refractivity contribution is 0.109. The van der Waals surface area contributed by atoms with Crippen molar-refractivity contribution >= 4 is 15.9 Å². The Hall–Kier alpha value is -0.340. The number of aliphatic hydroxyl groups excluding tert-OH is 1. The molecule has 0 bridgehead atoms. The van der Waals surface area contributed by atoms with Crippen molar-refractivity contribution in [1.82, 2.24) is 0 Å². The van der Waals surface area contributed by atoms with Crippen LogP contribution in [0.5, 0.6) is 0 Å². The summed E-state index contributed by atoms with van der Waals surface area (Å²) in [4.78, 5) is 0. The molecule has 0 radical (unpaired) electrons. The van der Waals surface area contributed by atoms with E-state index >= 15 is 0 Å². The van der Waals surface area contributed by atoms with Crippen molar-refractivity contribution in [2.75, 3.05) is 0 Å². The van der Waals surface area contributed by atoms with E-state index in [-0.39, 0.29) is 6.10 Å². The summed E-state index contributed by atoms with van der Waals surface area (Å²) in [5.74, 6) is 0.766. The van der Waals surface area contributed by atoms with E-state index < -0.39 is 0 Å². The van der Waals surface area contributed by atoms with Gasteiger partial charge >= 0.3 is 0 Å². The van der Waals surface area contributed by atoms with E-state index in [1.807, 2.05) is 0 Å². The van der Waals surface area contributed by atoms with Crippen molar-refractivity contribution in [3.05, 3.63) is 34.3 Å². The molecule has 2 rings (SSSR count). The van der Waals surface area contributed by atoms with Gasteiger partial charge < -0.3 is 5.11 Å². The molecule has 0 saturated heterocycles. The van der Waals surface area contributed by atoms with Crippen molar-refractivity contribution in [2.45, 2.75) is 38.2 Å². The van der Waals surface area contributed by atoms with Gasteiger partial charge in [-0.1, -0.05) is 28.1 Å². The molecule has 1 aromatic carbocycles. The number of rotatable bonds is 2. The Kier molecular flexibility index (Phi) is 3.81. The average Bonchev–Trinajstić information content (AvgIpc) is 2.22. The minimum atomic E-state index is -0.0382. The number of aliphatic hydroxyl groups is 1. The first kappa shape index (κ1) is 11.2. The number of benzene rings is 1. The van der Waals surface area contributed by atoms with Crippen LogP contribution in [0.3, 0.4) is 0 Å². The Morgan fingerprint density at radius 3 is 2.60 bits per heavy atom. The Bertz CT molecular complexity index is 316. The molecule has 1 saturated carbocycles. The van der Waals surface area contributed by atoms with Crippen molar-refractivity contribution < 1.29 is 5.11 Å². The molecule has 1 fully saturated rings. The topological polar surface area (TPSA) is 20.2 Å². The molecule has 1 nitrogen and oxygen atoms in total. The van der Waals surface area contributed by atoms with Gasteiger partial charge in [0.1, 0.15) is 0 Å². The minimum absolute atomic E-state index is 0.0382. The van der Waals surface area contributed by atoms with Crippen LogP contribution in [-0.2, 0) is 6.42 Å². The Balaban J connectivity index is 1.92. The monoisotopic (exact) mass is 268 g/mol. The maximum absolute atomic E-state index is 9.43. The molecule has 15 heavy (non-hydrogen) atoms. The van der Waals surface area contributed by atoms with Gasteiger partial charge in [0.05, 0.1) is 6.10 Å². The second-order valence-corrected chi connectivity index (χ2v) is 5.42. The summed E-state index contributed by atoms with van der Waals surface area (Å²) >= 11 is 3.50. The smallest absolute Gasteiger partial charge is 0.0540 e. The molecule has 0 spiro atoms. The fraction of sp³-hybridized carbons (Fsp3) is 0.538. The largest absolute Gasteiger partial charge is 0.393 e. The Morgan fingerprint density at radius 2 is 1.93 bits per heavy atom. The lowest BCUT2D eigenvalue weighted by Gasteiger charge is -2.25. The highest BCUT2D eigenvalue weighted by Crippen LogP contribution is 2.27. The molecular weight excluding hydrogens is 252 g/mol. The summed E-state index contributed by atoms with van der Waals surface area (Å²) in [5, 5.41) is 9.43. The van der Waals surface area contributed by atoms with Crippen LogP contribution < -0.4 is 0 Å². The van der Waals surface area contributed by atoms with Crippen LogP contribution in [0.1, 0.15) is 31.2 Å². The summed E-state index contributed by atoms with van der Waals surface area (Å²) in [6.45, 7) is 0. The molecule has 1 aromatic rings.